The van der Waals surface area contributed by atoms with Gasteiger partial charge in [-0.05, 0) is 49.9 Å². The highest BCUT2D eigenvalue weighted by Gasteiger charge is 2.23. The second-order valence-corrected chi connectivity index (χ2v) is 9.21. The van der Waals surface area contributed by atoms with Gasteiger partial charge in [0.15, 0.2) is 11.0 Å². The Morgan fingerprint density at radius 3 is 2.63 bits per heavy atom. The number of nitrogens with zero attached hydrogens (tertiary/aromatic N) is 3. The minimum Gasteiger partial charge on any atom is -0.352 e. The van der Waals surface area contributed by atoms with Crippen LogP contribution < -0.4 is 10.6 Å². The summed E-state index contributed by atoms with van der Waals surface area (Å²) in [5.74, 6) is 1.26. The third-order valence-electron chi connectivity index (χ3n) is 5.50. The van der Waals surface area contributed by atoms with Gasteiger partial charge in [-0.25, -0.2) is 0 Å². The quantitative estimate of drug-likeness (QED) is 0.628. The predicted molar refractivity (Wildman–Crippen MR) is 119 cm³/mol. The van der Waals surface area contributed by atoms with E-state index in [1.165, 1.54) is 31.0 Å². The van der Waals surface area contributed by atoms with Crippen LogP contribution in [0.4, 0.5) is 0 Å². The maximum atomic E-state index is 12.4. The van der Waals surface area contributed by atoms with Crippen molar-refractivity contribution in [2.24, 2.45) is 13.0 Å². The molecule has 0 saturated heterocycles. The Morgan fingerprint density at radius 1 is 1.23 bits per heavy atom. The Morgan fingerprint density at radius 2 is 1.93 bits per heavy atom. The number of carbonyl (C=O) groups is 2. The number of hydrogen-bond acceptors (Lipinski definition) is 5. The van der Waals surface area contributed by atoms with E-state index in [-0.39, 0.29) is 23.9 Å². The van der Waals surface area contributed by atoms with Gasteiger partial charge in [0.2, 0.25) is 5.91 Å². The number of thioether (sulfide) groups is 1. The number of amides is 2. The van der Waals surface area contributed by atoms with Gasteiger partial charge in [0.25, 0.3) is 5.91 Å². The first-order valence-corrected chi connectivity index (χ1v) is 11.6. The van der Waals surface area contributed by atoms with Crippen LogP contribution in [0, 0.1) is 5.92 Å². The molecule has 0 aliphatic heterocycles. The molecule has 3 rings (SSSR count). The lowest BCUT2D eigenvalue weighted by atomic mass is 9.86. The number of aromatic nitrogens is 3. The second kappa shape index (κ2) is 10.3. The average molecular weight is 450 g/mol. The summed E-state index contributed by atoms with van der Waals surface area (Å²) in [5, 5.41) is 15.7. The van der Waals surface area contributed by atoms with Crippen molar-refractivity contribution in [2.75, 3.05) is 5.75 Å². The molecule has 0 unspecified atom stereocenters. The summed E-state index contributed by atoms with van der Waals surface area (Å²) in [6, 6.07) is 6.64. The van der Waals surface area contributed by atoms with Crippen LogP contribution in [0.25, 0.3) is 0 Å². The second-order valence-electron chi connectivity index (χ2n) is 7.83. The number of benzene rings is 1. The van der Waals surface area contributed by atoms with Crippen LogP contribution >= 0.6 is 23.4 Å². The molecule has 1 fully saturated rings. The van der Waals surface area contributed by atoms with Crippen molar-refractivity contribution in [1.29, 1.82) is 0 Å². The summed E-state index contributed by atoms with van der Waals surface area (Å²) >= 11 is 7.22. The molecular weight excluding hydrogens is 422 g/mol. The van der Waals surface area contributed by atoms with E-state index in [9.17, 15) is 9.59 Å². The third kappa shape index (κ3) is 5.76. The zero-order valence-electron chi connectivity index (χ0n) is 17.5. The van der Waals surface area contributed by atoms with Crippen molar-refractivity contribution in [3.05, 3.63) is 40.7 Å². The summed E-state index contributed by atoms with van der Waals surface area (Å²) in [6.07, 6.45) is 4.65. The molecule has 162 valence electrons. The van der Waals surface area contributed by atoms with Gasteiger partial charge in [0.05, 0.1) is 11.8 Å². The van der Waals surface area contributed by atoms with Crippen molar-refractivity contribution in [2.45, 2.75) is 56.8 Å². The van der Waals surface area contributed by atoms with E-state index in [0.29, 0.717) is 33.2 Å². The maximum Gasteiger partial charge on any atom is 0.251 e. The monoisotopic (exact) mass is 449 g/mol. The molecule has 0 radical (unpaired) electrons. The molecule has 2 N–H and O–H groups in total. The van der Waals surface area contributed by atoms with Crippen molar-refractivity contribution in [1.82, 2.24) is 25.4 Å². The van der Waals surface area contributed by atoms with E-state index in [0.717, 1.165) is 6.42 Å². The number of carbonyl (C=O) groups excluding carboxylic acids is 2. The smallest absolute Gasteiger partial charge is 0.251 e. The summed E-state index contributed by atoms with van der Waals surface area (Å²) in [4.78, 5) is 24.8. The molecule has 2 amide bonds. The van der Waals surface area contributed by atoms with E-state index < -0.39 is 0 Å². The first-order valence-electron chi connectivity index (χ1n) is 10.2. The van der Waals surface area contributed by atoms with Gasteiger partial charge in [0.1, 0.15) is 0 Å². The fourth-order valence-corrected chi connectivity index (χ4v) is 4.54. The lowest BCUT2D eigenvalue weighted by molar-refractivity contribution is -0.119. The largest absolute Gasteiger partial charge is 0.352 e. The van der Waals surface area contributed by atoms with Gasteiger partial charge >= 0.3 is 0 Å². The molecular formula is C21H28ClN5O2S. The van der Waals surface area contributed by atoms with E-state index in [1.54, 1.807) is 24.3 Å². The normalized spacial score (nSPS) is 19.9. The Balaban J connectivity index is 1.53. The lowest BCUT2D eigenvalue weighted by Crippen LogP contribution is -2.41. The number of hydrogen-bond donors (Lipinski definition) is 2. The highest BCUT2D eigenvalue weighted by Crippen LogP contribution is 2.24. The van der Waals surface area contributed by atoms with Crippen molar-refractivity contribution in [3.63, 3.8) is 0 Å². The van der Waals surface area contributed by atoms with Crippen LogP contribution in [0.15, 0.2) is 29.4 Å². The summed E-state index contributed by atoms with van der Waals surface area (Å²) in [6.45, 7) is 4.05. The summed E-state index contributed by atoms with van der Waals surface area (Å²) in [5.41, 5.74) is 0.525. The van der Waals surface area contributed by atoms with Crippen molar-refractivity contribution >= 4 is 35.2 Å². The molecule has 1 aliphatic carbocycles. The molecule has 1 aromatic heterocycles. The van der Waals surface area contributed by atoms with E-state index in [2.05, 4.69) is 27.8 Å². The minimum absolute atomic E-state index is 0.0207. The summed E-state index contributed by atoms with van der Waals surface area (Å²) < 4.78 is 1.81. The molecule has 3 atom stereocenters. The Bertz CT molecular complexity index is 886. The van der Waals surface area contributed by atoms with Gasteiger partial charge in [0, 0.05) is 23.7 Å². The van der Waals surface area contributed by atoms with E-state index >= 15 is 0 Å². The number of nitrogens with one attached hydrogen (secondary N) is 2. The third-order valence-corrected chi connectivity index (χ3v) is 6.77. The highest BCUT2D eigenvalue weighted by atomic mass is 35.5. The highest BCUT2D eigenvalue weighted by molar-refractivity contribution is 7.99. The molecule has 0 spiro atoms. The van der Waals surface area contributed by atoms with Crippen LogP contribution in [-0.4, -0.2) is 38.4 Å². The van der Waals surface area contributed by atoms with Crippen LogP contribution in [0.3, 0.4) is 0 Å². The zero-order chi connectivity index (χ0) is 21.7. The van der Waals surface area contributed by atoms with Crippen LogP contribution in [0.2, 0.25) is 5.02 Å². The van der Waals surface area contributed by atoms with Gasteiger partial charge in [-0.1, -0.05) is 43.1 Å². The molecule has 9 heteroatoms. The standard InChI is InChI=1S/C21H28ClN5O2S/c1-13-6-4-5-7-17(13)24-18(28)12-30-21-26-25-19(27(21)3)14(2)23-20(29)15-8-10-16(22)11-9-15/h8-11,13-14,17H,4-7,12H2,1-3H3,(H,23,29)(H,24,28)/t13-,14-,17+/m0/s1. The van der Waals surface area contributed by atoms with Gasteiger partial charge < -0.3 is 15.2 Å². The van der Waals surface area contributed by atoms with E-state index in [4.69, 9.17) is 11.6 Å². The fourth-order valence-electron chi connectivity index (χ4n) is 3.68. The van der Waals surface area contributed by atoms with Crippen molar-refractivity contribution < 1.29 is 9.59 Å². The predicted octanol–water partition coefficient (Wildman–Crippen LogP) is 3.75. The Kier molecular flexibility index (Phi) is 7.77. The number of rotatable bonds is 7. The molecule has 1 aromatic carbocycles. The average Bonchev–Trinajstić information content (AvgIpc) is 3.09. The van der Waals surface area contributed by atoms with Crippen molar-refractivity contribution in [3.8, 4) is 0 Å². The maximum absolute atomic E-state index is 12.4. The topological polar surface area (TPSA) is 88.9 Å². The van der Waals surface area contributed by atoms with Crippen LogP contribution in [-0.2, 0) is 11.8 Å². The van der Waals surface area contributed by atoms with Gasteiger partial charge in [-0.2, -0.15) is 0 Å². The lowest BCUT2D eigenvalue weighted by Gasteiger charge is -2.29. The minimum atomic E-state index is -0.336. The molecule has 30 heavy (non-hydrogen) atoms. The zero-order valence-corrected chi connectivity index (χ0v) is 19.1. The molecule has 7 nitrogen and oxygen atoms in total. The summed E-state index contributed by atoms with van der Waals surface area (Å²) in [7, 11) is 1.84. The Hall–Kier alpha value is -2.06. The first-order chi connectivity index (χ1) is 14.3. The SMILES string of the molecule is C[C@H](NC(=O)c1ccc(Cl)cc1)c1nnc(SCC(=O)N[C@@H]2CCCC[C@@H]2C)n1C. The van der Waals surface area contributed by atoms with Crippen LogP contribution in [0.5, 0.6) is 0 Å². The fraction of sp³-hybridized carbons (Fsp3) is 0.524. The molecule has 1 heterocycles. The Labute approximate surface area is 186 Å². The number of halogens is 1. The molecule has 1 saturated carbocycles. The van der Waals surface area contributed by atoms with Crippen LogP contribution in [0.1, 0.15) is 61.8 Å². The van der Waals surface area contributed by atoms with E-state index in [1.807, 2.05) is 18.5 Å². The first kappa shape index (κ1) is 22.6. The molecule has 2 aromatic rings. The van der Waals surface area contributed by atoms with Gasteiger partial charge in [-0.3, -0.25) is 9.59 Å². The molecule has 0 bridgehead atoms. The molecule has 1 aliphatic rings. The van der Waals surface area contributed by atoms with Gasteiger partial charge in [-0.15, -0.1) is 10.2 Å².